The van der Waals surface area contributed by atoms with E-state index < -0.39 is 0 Å². The molecule has 0 saturated heterocycles. The molecule has 1 heterocycles. The molecule has 0 aliphatic rings. The minimum absolute atomic E-state index is 0.870. The van der Waals surface area contributed by atoms with Gasteiger partial charge in [-0.15, -0.1) is 0 Å². The molecular weight excluding hydrogens is 202 g/mol. The topological polar surface area (TPSA) is 53.1 Å². The van der Waals surface area contributed by atoms with Crippen molar-refractivity contribution in [2.45, 2.75) is 13.8 Å². The largest absolute Gasteiger partial charge is 0.370 e. The van der Waals surface area contributed by atoms with Crippen molar-refractivity contribution in [1.82, 2.24) is 14.9 Å². The Hall–Kier alpha value is -1.36. The lowest BCUT2D eigenvalue weighted by Crippen LogP contribution is -2.21. The van der Waals surface area contributed by atoms with E-state index in [0.717, 1.165) is 36.8 Å². The Balaban J connectivity index is 2.62. The molecule has 1 rings (SSSR count). The predicted octanol–water partition coefficient (Wildman–Crippen LogP) is 1.19. The van der Waals surface area contributed by atoms with Crippen molar-refractivity contribution in [3.63, 3.8) is 0 Å². The zero-order chi connectivity index (χ0) is 12.0. The average Bonchev–Trinajstić information content (AvgIpc) is 2.23. The maximum atomic E-state index is 4.24. The summed E-state index contributed by atoms with van der Waals surface area (Å²) in [6.07, 6.45) is 1.59. The molecule has 0 aliphatic heterocycles. The molecular formula is C11H21N5. The standard InChI is InChI=1S/C11H21N5/c1-5-12-10-9(2)11(15-8-14-10)13-6-7-16(3)4/h8H,5-7H2,1-4H3,(H2,12,13,14,15). The normalized spacial score (nSPS) is 10.6. The number of aromatic nitrogens is 2. The number of anilines is 2. The summed E-state index contributed by atoms with van der Waals surface area (Å²) in [6.45, 7) is 6.82. The Bertz CT molecular complexity index is 324. The van der Waals surface area contributed by atoms with E-state index >= 15 is 0 Å². The van der Waals surface area contributed by atoms with Crippen LogP contribution in [0.2, 0.25) is 0 Å². The van der Waals surface area contributed by atoms with Crippen molar-refractivity contribution in [3.05, 3.63) is 11.9 Å². The van der Waals surface area contributed by atoms with E-state index in [-0.39, 0.29) is 0 Å². The third-order valence-corrected chi connectivity index (χ3v) is 2.28. The van der Waals surface area contributed by atoms with E-state index in [0.29, 0.717) is 0 Å². The van der Waals surface area contributed by atoms with E-state index in [1.54, 1.807) is 6.33 Å². The first-order valence-electron chi connectivity index (χ1n) is 5.59. The first-order valence-corrected chi connectivity index (χ1v) is 5.59. The molecule has 0 aromatic carbocycles. The van der Waals surface area contributed by atoms with Crippen LogP contribution in [-0.2, 0) is 0 Å². The minimum Gasteiger partial charge on any atom is -0.370 e. The van der Waals surface area contributed by atoms with Crippen molar-refractivity contribution >= 4 is 11.6 Å². The highest BCUT2D eigenvalue weighted by Crippen LogP contribution is 2.17. The Morgan fingerprint density at radius 3 is 2.38 bits per heavy atom. The molecule has 0 unspecified atom stereocenters. The minimum atomic E-state index is 0.870. The third kappa shape index (κ3) is 3.66. The zero-order valence-corrected chi connectivity index (χ0v) is 10.5. The molecule has 0 saturated carbocycles. The molecule has 90 valence electrons. The first kappa shape index (κ1) is 12.7. The van der Waals surface area contributed by atoms with Crippen LogP contribution < -0.4 is 10.6 Å². The van der Waals surface area contributed by atoms with Gasteiger partial charge < -0.3 is 15.5 Å². The SMILES string of the molecule is CCNc1ncnc(NCCN(C)C)c1C. The number of hydrogen-bond acceptors (Lipinski definition) is 5. The quantitative estimate of drug-likeness (QED) is 0.758. The fourth-order valence-corrected chi connectivity index (χ4v) is 1.37. The van der Waals surface area contributed by atoms with Gasteiger partial charge in [0, 0.05) is 25.2 Å². The lowest BCUT2D eigenvalue weighted by Gasteiger charge is -2.14. The van der Waals surface area contributed by atoms with E-state index in [9.17, 15) is 0 Å². The molecule has 1 aromatic heterocycles. The molecule has 0 aliphatic carbocycles. The lowest BCUT2D eigenvalue weighted by molar-refractivity contribution is 0.425. The zero-order valence-electron chi connectivity index (χ0n) is 10.5. The maximum Gasteiger partial charge on any atom is 0.134 e. The molecule has 5 heteroatoms. The monoisotopic (exact) mass is 223 g/mol. The second-order valence-electron chi connectivity index (χ2n) is 3.96. The second kappa shape index (κ2) is 6.27. The fraction of sp³-hybridized carbons (Fsp3) is 0.636. The van der Waals surface area contributed by atoms with Gasteiger partial charge in [-0.05, 0) is 27.9 Å². The van der Waals surface area contributed by atoms with Gasteiger partial charge in [0.1, 0.15) is 18.0 Å². The van der Waals surface area contributed by atoms with Gasteiger partial charge >= 0.3 is 0 Å². The van der Waals surface area contributed by atoms with Gasteiger partial charge in [0.05, 0.1) is 0 Å². The second-order valence-corrected chi connectivity index (χ2v) is 3.96. The van der Waals surface area contributed by atoms with Crippen LogP contribution in [0, 0.1) is 6.92 Å². The Kier molecular flexibility index (Phi) is 4.98. The molecule has 16 heavy (non-hydrogen) atoms. The molecule has 0 bridgehead atoms. The molecule has 5 nitrogen and oxygen atoms in total. The first-order chi connectivity index (χ1) is 7.65. The van der Waals surface area contributed by atoms with Crippen LogP contribution in [0.4, 0.5) is 11.6 Å². The van der Waals surface area contributed by atoms with E-state index in [2.05, 4.69) is 46.5 Å². The summed E-state index contributed by atoms with van der Waals surface area (Å²) in [5.74, 6) is 1.82. The summed E-state index contributed by atoms with van der Waals surface area (Å²) in [6, 6.07) is 0. The van der Waals surface area contributed by atoms with Crippen LogP contribution in [0.3, 0.4) is 0 Å². The van der Waals surface area contributed by atoms with Gasteiger partial charge in [0.15, 0.2) is 0 Å². The maximum absolute atomic E-state index is 4.24. The van der Waals surface area contributed by atoms with Crippen molar-refractivity contribution in [3.8, 4) is 0 Å². The summed E-state index contributed by atoms with van der Waals surface area (Å²) < 4.78 is 0. The van der Waals surface area contributed by atoms with Gasteiger partial charge in [-0.25, -0.2) is 9.97 Å². The summed E-state index contributed by atoms with van der Waals surface area (Å²) in [7, 11) is 4.11. The van der Waals surface area contributed by atoms with Crippen LogP contribution in [0.5, 0.6) is 0 Å². The lowest BCUT2D eigenvalue weighted by atomic mass is 10.3. The predicted molar refractivity (Wildman–Crippen MR) is 68.0 cm³/mol. The van der Waals surface area contributed by atoms with Crippen LogP contribution in [0.15, 0.2) is 6.33 Å². The van der Waals surface area contributed by atoms with Crippen LogP contribution in [0.25, 0.3) is 0 Å². The summed E-state index contributed by atoms with van der Waals surface area (Å²) in [5, 5.41) is 6.52. The van der Waals surface area contributed by atoms with Crippen LogP contribution in [0.1, 0.15) is 12.5 Å². The van der Waals surface area contributed by atoms with E-state index in [1.807, 2.05) is 6.92 Å². The number of hydrogen-bond donors (Lipinski definition) is 2. The summed E-state index contributed by atoms with van der Waals surface area (Å²) in [5.41, 5.74) is 1.07. The molecule has 0 atom stereocenters. The fourth-order valence-electron chi connectivity index (χ4n) is 1.37. The van der Waals surface area contributed by atoms with Gasteiger partial charge in [0.25, 0.3) is 0 Å². The Labute approximate surface area is 97.3 Å². The van der Waals surface area contributed by atoms with Gasteiger partial charge in [-0.1, -0.05) is 0 Å². The van der Waals surface area contributed by atoms with E-state index in [4.69, 9.17) is 0 Å². The highest BCUT2D eigenvalue weighted by atomic mass is 15.1. The highest BCUT2D eigenvalue weighted by Gasteiger charge is 2.05. The highest BCUT2D eigenvalue weighted by molar-refractivity contribution is 5.56. The average molecular weight is 223 g/mol. The van der Waals surface area contributed by atoms with Crippen molar-refractivity contribution in [2.24, 2.45) is 0 Å². The molecule has 1 aromatic rings. The van der Waals surface area contributed by atoms with E-state index in [1.165, 1.54) is 0 Å². The molecule has 2 N–H and O–H groups in total. The van der Waals surface area contributed by atoms with Gasteiger partial charge in [-0.3, -0.25) is 0 Å². The molecule has 0 amide bonds. The summed E-state index contributed by atoms with van der Waals surface area (Å²) >= 11 is 0. The number of likely N-dealkylation sites (N-methyl/N-ethyl adjacent to an activating group) is 1. The van der Waals surface area contributed by atoms with Gasteiger partial charge in [-0.2, -0.15) is 0 Å². The summed E-state index contributed by atoms with van der Waals surface area (Å²) in [4.78, 5) is 10.6. The van der Waals surface area contributed by atoms with Crippen molar-refractivity contribution in [1.29, 1.82) is 0 Å². The van der Waals surface area contributed by atoms with Crippen molar-refractivity contribution in [2.75, 3.05) is 44.4 Å². The van der Waals surface area contributed by atoms with Crippen LogP contribution >= 0.6 is 0 Å². The third-order valence-electron chi connectivity index (χ3n) is 2.28. The molecule has 0 fully saturated rings. The Morgan fingerprint density at radius 1 is 1.19 bits per heavy atom. The number of nitrogens with zero attached hydrogens (tertiary/aromatic N) is 3. The number of rotatable bonds is 6. The van der Waals surface area contributed by atoms with Crippen LogP contribution in [-0.4, -0.2) is 48.6 Å². The van der Waals surface area contributed by atoms with Gasteiger partial charge in [0.2, 0.25) is 0 Å². The molecule has 0 spiro atoms. The Morgan fingerprint density at radius 2 is 1.81 bits per heavy atom. The van der Waals surface area contributed by atoms with Crippen molar-refractivity contribution < 1.29 is 0 Å². The number of nitrogens with one attached hydrogen (secondary N) is 2. The smallest absolute Gasteiger partial charge is 0.134 e. The molecule has 0 radical (unpaired) electrons.